The van der Waals surface area contributed by atoms with Crippen molar-refractivity contribution < 1.29 is 4.39 Å². The second kappa shape index (κ2) is 8.46. The van der Waals surface area contributed by atoms with Gasteiger partial charge in [-0.15, -0.1) is 0 Å². The Morgan fingerprint density at radius 3 is 2.65 bits per heavy atom. The van der Waals surface area contributed by atoms with Gasteiger partial charge in [0.2, 0.25) is 0 Å². The molecular formula is C15H20BrF. The zero-order valence-corrected chi connectivity index (χ0v) is 12.0. The van der Waals surface area contributed by atoms with Crippen LogP contribution in [-0.2, 0) is 0 Å². The van der Waals surface area contributed by atoms with E-state index < -0.39 is 0 Å². The summed E-state index contributed by atoms with van der Waals surface area (Å²) in [5.41, 5.74) is 0.668. The van der Waals surface area contributed by atoms with Crippen LogP contribution in [0.3, 0.4) is 0 Å². The van der Waals surface area contributed by atoms with Crippen LogP contribution in [0.4, 0.5) is 4.39 Å². The molecule has 0 aromatic heterocycles. The molecule has 2 heteroatoms. The fraction of sp³-hybridized carbons (Fsp3) is 0.467. The first kappa shape index (κ1) is 14.4. The van der Waals surface area contributed by atoms with Crippen LogP contribution < -0.4 is 0 Å². The van der Waals surface area contributed by atoms with Crippen molar-refractivity contribution in [3.63, 3.8) is 0 Å². The van der Waals surface area contributed by atoms with Gasteiger partial charge in [-0.2, -0.15) is 0 Å². The van der Waals surface area contributed by atoms with Gasteiger partial charge in [0.1, 0.15) is 5.82 Å². The van der Waals surface area contributed by atoms with Gasteiger partial charge in [-0.05, 0) is 25.0 Å². The van der Waals surface area contributed by atoms with Crippen molar-refractivity contribution in [2.45, 2.75) is 45.4 Å². The minimum Gasteiger partial charge on any atom is -0.206 e. The van der Waals surface area contributed by atoms with Gasteiger partial charge < -0.3 is 0 Å². The third-order valence-corrected chi connectivity index (χ3v) is 3.23. The van der Waals surface area contributed by atoms with Crippen LogP contribution in [0, 0.1) is 5.82 Å². The Kier molecular flexibility index (Phi) is 7.18. The quantitative estimate of drug-likeness (QED) is 0.545. The number of unbranched alkanes of at least 4 members (excludes halogenated alkanes) is 5. The topological polar surface area (TPSA) is 0 Å². The first-order valence-electron chi connectivity index (χ1n) is 6.35. The van der Waals surface area contributed by atoms with E-state index in [0.29, 0.717) is 5.56 Å². The summed E-state index contributed by atoms with van der Waals surface area (Å²) < 4.78 is 14.2. The Labute approximate surface area is 112 Å². The molecule has 17 heavy (non-hydrogen) atoms. The van der Waals surface area contributed by atoms with E-state index in [-0.39, 0.29) is 5.82 Å². The van der Waals surface area contributed by atoms with Crippen molar-refractivity contribution >= 4 is 22.0 Å². The lowest BCUT2D eigenvalue weighted by molar-refractivity contribution is 0.623. The molecule has 94 valence electrons. The predicted octanol–water partition coefficient (Wildman–Crippen LogP) is 5.96. The van der Waals surface area contributed by atoms with Crippen LogP contribution >= 0.6 is 15.9 Å². The number of halogens is 2. The molecule has 0 unspecified atom stereocenters. The lowest BCUT2D eigenvalue weighted by atomic mass is 10.1. The van der Waals surface area contributed by atoms with Gasteiger partial charge in [0.25, 0.3) is 0 Å². The molecule has 0 nitrogen and oxygen atoms in total. The van der Waals surface area contributed by atoms with E-state index in [4.69, 9.17) is 0 Å². The van der Waals surface area contributed by atoms with E-state index in [1.54, 1.807) is 6.07 Å². The molecule has 0 aliphatic carbocycles. The molecule has 0 radical (unpaired) electrons. The lowest BCUT2D eigenvalue weighted by Crippen LogP contribution is -1.81. The summed E-state index contributed by atoms with van der Waals surface area (Å²) in [4.78, 5) is 0. The number of hydrogen-bond donors (Lipinski definition) is 0. The first-order valence-corrected chi connectivity index (χ1v) is 7.15. The summed E-state index contributed by atoms with van der Waals surface area (Å²) in [5.74, 6) is -0.165. The van der Waals surface area contributed by atoms with Crippen LogP contribution in [-0.4, -0.2) is 0 Å². The average molecular weight is 299 g/mol. The third kappa shape index (κ3) is 6.02. The molecule has 0 spiro atoms. The van der Waals surface area contributed by atoms with Gasteiger partial charge in [0.15, 0.2) is 0 Å². The van der Waals surface area contributed by atoms with Gasteiger partial charge in [0, 0.05) is 10.0 Å². The maximum Gasteiger partial charge on any atom is 0.131 e. The molecule has 0 fully saturated rings. The number of rotatable bonds is 7. The van der Waals surface area contributed by atoms with Crippen molar-refractivity contribution in [2.75, 3.05) is 0 Å². The van der Waals surface area contributed by atoms with E-state index >= 15 is 0 Å². The van der Waals surface area contributed by atoms with Gasteiger partial charge in [0.05, 0.1) is 0 Å². The Morgan fingerprint density at radius 2 is 1.94 bits per heavy atom. The predicted molar refractivity (Wildman–Crippen MR) is 76.5 cm³/mol. The maximum atomic E-state index is 13.4. The van der Waals surface area contributed by atoms with Gasteiger partial charge >= 0.3 is 0 Å². The van der Waals surface area contributed by atoms with Gasteiger partial charge in [-0.25, -0.2) is 4.39 Å². The highest BCUT2D eigenvalue weighted by Crippen LogP contribution is 2.16. The van der Waals surface area contributed by atoms with E-state index in [0.717, 1.165) is 10.9 Å². The van der Waals surface area contributed by atoms with E-state index in [1.807, 2.05) is 12.1 Å². The smallest absolute Gasteiger partial charge is 0.131 e. The Hall–Kier alpha value is -0.630. The maximum absolute atomic E-state index is 13.4. The SMILES string of the molecule is CCCCCCC/C=C/c1ccc(Br)cc1F. The molecular weight excluding hydrogens is 279 g/mol. The lowest BCUT2D eigenvalue weighted by Gasteiger charge is -1.98. The normalized spacial score (nSPS) is 11.2. The molecule has 0 saturated heterocycles. The van der Waals surface area contributed by atoms with Gasteiger partial charge in [-0.3, -0.25) is 0 Å². The number of benzene rings is 1. The first-order chi connectivity index (χ1) is 8.24. The minimum absolute atomic E-state index is 0.165. The van der Waals surface area contributed by atoms with E-state index in [1.165, 1.54) is 38.2 Å². The zero-order chi connectivity index (χ0) is 12.5. The van der Waals surface area contributed by atoms with Crippen LogP contribution in [0.5, 0.6) is 0 Å². The van der Waals surface area contributed by atoms with Crippen molar-refractivity contribution in [3.05, 3.63) is 40.1 Å². The van der Waals surface area contributed by atoms with Gasteiger partial charge in [-0.1, -0.05) is 66.8 Å². The largest absolute Gasteiger partial charge is 0.206 e. The van der Waals surface area contributed by atoms with E-state index in [2.05, 4.69) is 28.9 Å². The number of allylic oxidation sites excluding steroid dienone is 1. The van der Waals surface area contributed by atoms with Crippen molar-refractivity contribution in [2.24, 2.45) is 0 Å². The molecule has 0 amide bonds. The van der Waals surface area contributed by atoms with E-state index in [9.17, 15) is 4.39 Å². The molecule has 0 heterocycles. The fourth-order valence-corrected chi connectivity index (χ4v) is 2.05. The third-order valence-electron chi connectivity index (χ3n) is 2.73. The Bertz CT molecular complexity index is 358. The molecule has 0 atom stereocenters. The van der Waals surface area contributed by atoms with Crippen LogP contribution in [0.15, 0.2) is 28.7 Å². The number of hydrogen-bond acceptors (Lipinski definition) is 0. The van der Waals surface area contributed by atoms with Crippen LogP contribution in [0.25, 0.3) is 6.08 Å². The van der Waals surface area contributed by atoms with Crippen molar-refractivity contribution in [1.29, 1.82) is 0 Å². The summed E-state index contributed by atoms with van der Waals surface area (Å²) in [6, 6.07) is 5.16. The molecule has 0 bridgehead atoms. The average Bonchev–Trinajstić information content (AvgIpc) is 2.30. The zero-order valence-electron chi connectivity index (χ0n) is 10.4. The highest BCUT2D eigenvalue weighted by molar-refractivity contribution is 9.10. The Balaban J connectivity index is 2.28. The minimum atomic E-state index is -0.165. The fourth-order valence-electron chi connectivity index (χ4n) is 1.71. The molecule has 1 aromatic rings. The van der Waals surface area contributed by atoms with Crippen molar-refractivity contribution in [1.82, 2.24) is 0 Å². The monoisotopic (exact) mass is 298 g/mol. The Morgan fingerprint density at radius 1 is 1.18 bits per heavy atom. The second-order valence-electron chi connectivity index (χ2n) is 4.27. The molecule has 1 rings (SSSR count). The molecule has 0 aliphatic heterocycles. The molecule has 0 N–H and O–H groups in total. The summed E-state index contributed by atoms with van der Waals surface area (Å²) in [6.45, 7) is 2.22. The molecule has 1 aromatic carbocycles. The van der Waals surface area contributed by atoms with Crippen LogP contribution in [0.2, 0.25) is 0 Å². The van der Waals surface area contributed by atoms with Crippen LogP contribution in [0.1, 0.15) is 51.0 Å². The summed E-state index contributed by atoms with van der Waals surface area (Å²) in [6.07, 6.45) is 11.4. The molecule has 0 aliphatic rings. The summed E-state index contributed by atoms with van der Waals surface area (Å²) in [5, 5.41) is 0. The highest BCUT2D eigenvalue weighted by Gasteiger charge is 1.98. The molecule has 0 saturated carbocycles. The summed E-state index contributed by atoms with van der Waals surface area (Å²) in [7, 11) is 0. The second-order valence-corrected chi connectivity index (χ2v) is 5.19. The standard InChI is InChI=1S/C15H20BrF/c1-2-3-4-5-6-7-8-9-13-10-11-14(16)12-15(13)17/h8-12H,2-7H2,1H3/b9-8+. The van der Waals surface area contributed by atoms with Crippen molar-refractivity contribution in [3.8, 4) is 0 Å². The summed E-state index contributed by atoms with van der Waals surface area (Å²) >= 11 is 3.25. The highest BCUT2D eigenvalue weighted by atomic mass is 79.9.